The van der Waals surface area contributed by atoms with Gasteiger partial charge in [-0.05, 0) is 60.2 Å². The Kier molecular flexibility index (Phi) is 9.95. The molecule has 0 aromatic heterocycles. The van der Waals surface area contributed by atoms with E-state index in [9.17, 15) is 9.59 Å². The van der Waals surface area contributed by atoms with E-state index in [0.717, 1.165) is 22.3 Å². The van der Waals surface area contributed by atoms with Crippen molar-refractivity contribution in [3.63, 3.8) is 0 Å². The Morgan fingerprint density at radius 2 is 1.58 bits per heavy atom. The summed E-state index contributed by atoms with van der Waals surface area (Å²) in [6.07, 6.45) is 0.379. The van der Waals surface area contributed by atoms with E-state index in [1.807, 2.05) is 94.4 Å². The van der Waals surface area contributed by atoms with Crippen LogP contribution in [0.1, 0.15) is 36.1 Å². The smallest absolute Gasteiger partial charge is 0.261 e. The van der Waals surface area contributed by atoms with Gasteiger partial charge in [-0.15, -0.1) is 0 Å². The number of hydrogen-bond donors (Lipinski definition) is 1. The van der Waals surface area contributed by atoms with Crippen molar-refractivity contribution in [2.75, 3.05) is 13.2 Å². The minimum atomic E-state index is -0.724. The molecule has 0 saturated carbocycles. The average Bonchev–Trinajstić information content (AvgIpc) is 2.84. The van der Waals surface area contributed by atoms with Gasteiger partial charge in [0, 0.05) is 24.5 Å². The summed E-state index contributed by atoms with van der Waals surface area (Å²) >= 11 is 6.46. The molecule has 3 aromatic carbocycles. The van der Waals surface area contributed by atoms with E-state index in [4.69, 9.17) is 16.3 Å². The first-order valence-corrected chi connectivity index (χ1v) is 12.7. The molecule has 190 valence electrons. The Labute approximate surface area is 219 Å². The van der Waals surface area contributed by atoms with Crippen molar-refractivity contribution in [2.45, 2.75) is 46.7 Å². The molecule has 5 nitrogen and oxygen atoms in total. The van der Waals surface area contributed by atoms with Crippen LogP contribution in [0.3, 0.4) is 0 Å². The van der Waals surface area contributed by atoms with Gasteiger partial charge in [-0.3, -0.25) is 9.59 Å². The molecule has 0 heterocycles. The third kappa shape index (κ3) is 8.13. The number of halogens is 1. The molecule has 1 N–H and O–H groups in total. The first kappa shape index (κ1) is 27.3. The molecular weight excluding hydrogens is 472 g/mol. The Hall–Kier alpha value is -3.31. The molecule has 36 heavy (non-hydrogen) atoms. The number of hydrogen-bond acceptors (Lipinski definition) is 3. The highest BCUT2D eigenvalue weighted by Crippen LogP contribution is 2.21. The highest BCUT2D eigenvalue weighted by Gasteiger charge is 2.31. The first-order valence-electron chi connectivity index (χ1n) is 12.3. The molecule has 0 aliphatic heterocycles. The maximum absolute atomic E-state index is 13.7. The Morgan fingerprint density at radius 1 is 0.944 bits per heavy atom. The molecule has 3 rings (SSSR count). The van der Waals surface area contributed by atoms with Crippen molar-refractivity contribution in [3.05, 3.63) is 100 Å². The molecule has 6 heteroatoms. The summed E-state index contributed by atoms with van der Waals surface area (Å²) in [6, 6.07) is 22.2. The summed E-state index contributed by atoms with van der Waals surface area (Å²) in [4.78, 5) is 28.7. The van der Waals surface area contributed by atoms with Crippen LogP contribution in [-0.2, 0) is 22.6 Å². The molecule has 3 aromatic rings. The SMILES string of the molecule is Cc1cc(C)cc(OCC(=O)N(Cc2ccccc2Cl)[C@H](Cc2ccccc2)C(=O)NCC(C)C)c1. The van der Waals surface area contributed by atoms with Gasteiger partial charge in [0.25, 0.3) is 5.91 Å². The molecule has 0 radical (unpaired) electrons. The Balaban J connectivity index is 1.92. The number of carbonyl (C=O) groups excluding carboxylic acids is 2. The fraction of sp³-hybridized carbons (Fsp3) is 0.333. The molecule has 0 fully saturated rings. The van der Waals surface area contributed by atoms with Gasteiger partial charge >= 0.3 is 0 Å². The fourth-order valence-electron chi connectivity index (χ4n) is 4.03. The lowest BCUT2D eigenvalue weighted by atomic mass is 10.0. The highest BCUT2D eigenvalue weighted by molar-refractivity contribution is 6.31. The van der Waals surface area contributed by atoms with Crippen LogP contribution in [0.15, 0.2) is 72.8 Å². The van der Waals surface area contributed by atoms with Crippen molar-refractivity contribution in [2.24, 2.45) is 5.92 Å². The number of rotatable bonds is 11. The van der Waals surface area contributed by atoms with Gasteiger partial charge < -0.3 is 15.0 Å². The van der Waals surface area contributed by atoms with E-state index in [1.165, 1.54) is 0 Å². The van der Waals surface area contributed by atoms with Crippen LogP contribution >= 0.6 is 11.6 Å². The minimum Gasteiger partial charge on any atom is -0.484 e. The van der Waals surface area contributed by atoms with Crippen molar-refractivity contribution < 1.29 is 14.3 Å². The molecule has 1 atom stereocenters. The minimum absolute atomic E-state index is 0.184. The van der Waals surface area contributed by atoms with E-state index < -0.39 is 6.04 Å². The maximum Gasteiger partial charge on any atom is 0.261 e. The van der Waals surface area contributed by atoms with Crippen molar-refractivity contribution in [3.8, 4) is 5.75 Å². The molecule has 0 spiro atoms. The van der Waals surface area contributed by atoms with Gasteiger partial charge in [0.1, 0.15) is 11.8 Å². The highest BCUT2D eigenvalue weighted by atomic mass is 35.5. The lowest BCUT2D eigenvalue weighted by molar-refractivity contribution is -0.142. The normalized spacial score (nSPS) is 11.7. The van der Waals surface area contributed by atoms with Crippen molar-refractivity contribution >= 4 is 23.4 Å². The standard InChI is InChI=1S/C30H35ClN2O3/c1-21(2)18-32-30(35)28(17-24-10-6-5-7-11-24)33(19-25-12-8-9-13-27(25)31)29(34)20-36-26-15-22(3)14-23(4)16-26/h5-16,21,28H,17-20H2,1-4H3,(H,32,35)/t28-/m1/s1. The number of ether oxygens (including phenoxy) is 1. The molecule has 0 aliphatic carbocycles. The number of benzene rings is 3. The largest absolute Gasteiger partial charge is 0.484 e. The zero-order valence-corrected chi connectivity index (χ0v) is 22.2. The number of amides is 2. The zero-order valence-electron chi connectivity index (χ0n) is 21.5. The van der Waals surface area contributed by atoms with E-state index in [1.54, 1.807) is 11.0 Å². The first-order chi connectivity index (χ1) is 17.2. The van der Waals surface area contributed by atoms with Crippen LogP contribution in [-0.4, -0.2) is 35.9 Å². The number of carbonyl (C=O) groups is 2. The lowest BCUT2D eigenvalue weighted by Crippen LogP contribution is -2.52. The predicted octanol–water partition coefficient (Wildman–Crippen LogP) is 5.75. The topological polar surface area (TPSA) is 58.6 Å². The van der Waals surface area contributed by atoms with Crippen LogP contribution in [0.4, 0.5) is 0 Å². The van der Waals surface area contributed by atoms with Crippen molar-refractivity contribution in [1.82, 2.24) is 10.2 Å². The second-order valence-corrected chi connectivity index (χ2v) is 9.98. The molecule has 0 bridgehead atoms. The summed E-state index contributed by atoms with van der Waals surface area (Å²) in [5.74, 6) is 0.434. The van der Waals surface area contributed by atoms with Crippen LogP contribution in [0.2, 0.25) is 5.02 Å². The van der Waals surface area contributed by atoms with Gasteiger partial charge in [-0.2, -0.15) is 0 Å². The molecule has 2 amide bonds. The Bertz CT molecular complexity index is 1140. The summed E-state index contributed by atoms with van der Waals surface area (Å²) in [5, 5.41) is 3.57. The van der Waals surface area contributed by atoms with E-state index in [-0.39, 0.29) is 30.9 Å². The second kappa shape index (κ2) is 13.1. The predicted molar refractivity (Wildman–Crippen MR) is 145 cm³/mol. The van der Waals surface area contributed by atoms with Gasteiger partial charge in [-0.25, -0.2) is 0 Å². The molecule has 0 aliphatic rings. The summed E-state index contributed by atoms with van der Waals surface area (Å²) < 4.78 is 5.90. The third-order valence-electron chi connectivity index (χ3n) is 5.81. The number of nitrogens with zero attached hydrogens (tertiary/aromatic N) is 1. The third-order valence-corrected chi connectivity index (χ3v) is 6.18. The lowest BCUT2D eigenvalue weighted by Gasteiger charge is -2.32. The van der Waals surface area contributed by atoms with Gasteiger partial charge in [0.15, 0.2) is 6.61 Å². The zero-order chi connectivity index (χ0) is 26.1. The quantitative estimate of drug-likeness (QED) is 0.360. The van der Waals surface area contributed by atoms with Crippen LogP contribution in [0.5, 0.6) is 5.75 Å². The Morgan fingerprint density at radius 3 is 2.22 bits per heavy atom. The van der Waals surface area contributed by atoms with E-state index in [2.05, 4.69) is 5.32 Å². The molecular formula is C30H35ClN2O3. The monoisotopic (exact) mass is 506 g/mol. The fourth-order valence-corrected chi connectivity index (χ4v) is 4.23. The summed E-state index contributed by atoms with van der Waals surface area (Å²) in [7, 11) is 0. The van der Waals surface area contributed by atoms with E-state index in [0.29, 0.717) is 23.7 Å². The van der Waals surface area contributed by atoms with Gasteiger partial charge in [-0.1, -0.05) is 80.0 Å². The van der Waals surface area contributed by atoms with Gasteiger partial charge in [0.05, 0.1) is 0 Å². The van der Waals surface area contributed by atoms with Crippen molar-refractivity contribution in [1.29, 1.82) is 0 Å². The second-order valence-electron chi connectivity index (χ2n) is 9.57. The number of nitrogens with one attached hydrogen (secondary N) is 1. The summed E-state index contributed by atoms with van der Waals surface area (Å²) in [5.41, 5.74) is 3.85. The number of aryl methyl sites for hydroxylation is 2. The van der Waals surface area contributed by atoms with Crippen LogP contribution < -0.4 is 10.1 Å². The molecule has 0 unspecified atom stereocenters. The van der Waals surface area contributed by atoms with Gasteiger partial charge in [0.2, 0.25) is 5.91 Å². The summed E-state index contributed by atoms with van der Waals surface area (Å²) in [6.45, 7) is 8.59. The average molecular weight is 507 g/mol. The molecule has 0 saturated heterocycles. The maximum atomic E-state index is 13.7. The van der Waals surface area contributed by atoms with E-state index >= 15 is 0 Å². The van der Waals surface area contributed by atoms with Crippen LogP contribution in [0.25, 0.3) is 0 Å². The van der Waals surface area contributed by atoms with Crippen LogP contribution in [0, 0.1) is 19.8 Å².